The molecule has 0 saturated carbocycles. The van der Waals surface area contributed by atoms with Crippen LogP contribution in [0.15, 0.2) is 53.6 Å². The summed E-state index contributed by atoms with van der Waals surface area (Å²) in [6, 6.07) is 16.1. The molecule has 0 aliphatic carbocycles. The standard InChI is InChI=1S/C17H16N2OS/c1-12-18-16-5-3-2-4-15(16)17(19-12)21-11-14-8-6-13(10-20)7-9-14/h2-9,20H,10-11H2,1H3. The first-order valence-electron chi connectivity index (χ1n) is 6.81. The predicted octanol–water partition coefficient (Wildman–Crippen LogP) is 3.72. The molecule has 0 aliphatic rings. The van der Waals surface area contributed by atoms with Crippen molar-refractivity contribution in [3.05, 3.63) is 65.5 Å². The molecule has 0 bridgehead atoms. The minimum Gasteiger partial charge on any atom is -0.392 e. The molecule has 3 aromatic rings. The Hall–Kier alpha value is -1.91. The zero-order valence-electron chi connectivity index (χ0n) is 11.8. The molecule has 0 spiro atoms. The fourth-order valence-electron chi connectivity index (χ4n) is 2.16. The highest BCUT2D eigenvalue weighted by molar-refractivity contribution is 7.98. The molecule has 3 rings (SSSR count). The van der Waals surface area contributed by atoms with Crippen LogP contribution in [0.5, 0.6) is 0 Å². The molecule has 0 aliphatic heterocycles. The third-order valence-corrected chi connectivity index (χ3v) is 4.32. The molecule has 0 unspecified atom stereocenters. The van der Waals surface area contributed by atoms with Gasteiger partial charge in [0.25, 0.3) is 0 Å². The van der Waals surface area contributed by atoms with Crippen molar-refractivity contribution in [1.82, 2.24) is 9.97 Å². The van der Waals surface area contributed by atoms with Crippen LogP contribution in [0, 0.1) is 6.92 Å². The van der Waals surface area contributed by atoms with Crippen molar-refractivity contribution in [2.45, 2.75) is 24.3 Å². The monoisotopic (exact) mass is 296 g/mol. The quantitative estimate of drug-likeness (QED) is 0.589. The van der Waals surface area contributed by atoms with E-state index in [4.69, 9.17) is 5.11 Å². The van der Waals surface area contributed by atoms with Gasteiger partial charge in [0.1, 0.15) is 10.9 Å². The normalized spacial score (nSPS) is 11.0. The summed E-state index contributed by atoms with van der Waals surface area (Å²) in [4.78, 5) is 9.02. The highest BCUT2D eigenvalue weighted by Gasteiger charge is 2.06. The van der Waals surface area contributed by atoms with Crippen molar-refractivity contribution >= 4 is 22.7 Å². The molecule has 4 heteroatoms. The van der Waals surface area contributed by atoms with Crippen LogP contribution in [0.25, 0.3) is 10.9 Å². The third-order valence-electron chi connectivity index (χ3n) is 3.26. The number of hydrogen-bond donors (Lipinski definition) is 1. The molecule has 1 N–H and O–H groups in total. The van der Waals surface area contributed by atoms with Gasteiger partial charge < -0.3 is 5.11 Å². The predicted molar refractivity (Wildman–Crippen MR) is 86.2 cm³/mol. The van der Waals surface area contributed by atoms with E-state index in [2.05, 4.69) is 28.2 Å². The largest absolute Gasteiger partial charge is 0.392 e. The third kappa shape index (κ3) is 3.23. The van der Waals surface area contributed by atoms with E-state index < -0.39 is 0 Å². The second-order valence-electron chi connectivity index (χ2n) is 4.86. The zero-order chi connectivity index (χ0) is 14.7. The number of aliphatic hydroxyl groups is 1. The lowest BCUT2D eigenvalue weighted by Gasteiger charge is -2.07. The van der Waals surface area contributed by atoms with Gasteiger partial charge in [-0.25, -0.2) is 9.97 Å². The van der Waals surface area contributed by atoms with Gasteiger partial charge in [0.2, 0.25) is 0 Å². The zero-order valence-corrected chi connectivity index (χ0v) is 12.6. The Morgan fingerprint density at radius 2 is 1.67 bits per heavy atom. The first-order chi connectivity index (χ1) is 10.3. The van der Waals surface area contributed by atoms with Gasteiger partial charge in [-0.2, -0.15) is 0 Å². The lowest BCUT2D eigenvalue weighted by Crippen LogP contribution is -1.93. The van der Waals surface area contributed by atoms with E-state index in [0.29, 0.717) is 0 Å². The number of fused-ring (bicyclic) bond motifs is 1. The maximum Gasteiger partial charge on any atom is 0.127 e. The first-order valence-corrected chi connectivity index (χ1v) is 7.79. The highest BCUT2D eigenvalue weighted by atomic mass is 32.2. The summed E-state index contributed by atoms with van der Waals surface area (Å²) < 4.78 is 0. The van der Waals surface area contributed by atoms with Crippen LogP contribution in [0.4, 0.5) is 0 Å². The van der Waals surface area contributed by atoms with Crippen LogP contribution in [-0.2, 0) is 12.4 Å². The van der Waals surface area contributed by atoms with Gasteiger partial charge in [-0.15, -0.1) is 11.8 Å². The maximum absolute atomic E-state index is 9.06. The number of aliphatic hydroxyl groups excluding tert-OH is 1. The van der Waals surface area contributed by atoms with Crippen LogP contribution >= 0.6 is 11.8 Å². The van der Waals surface area contributed by atoms with Gasteiger partial charge in [0.15, 0.2) is 0 Å². The number of benzene rings is 2. The Balaban J connectivity index is 1.84. The van der Waals surface area contributed by atoms with Gasteiger partial charge in [-0.05, 0) is 24.1 Å². The molecule has 21 heavy (non-hydrogen) atoms. The number of rotatable bonds is 4. The van der Waals surface area contributed by atoms with Crippen LogP contribution in [0.3, 0.4) is 0 Å². The molecule has 0 fully saturated rings. The van der Waals surface area contributed by atoms with Crippen LogP contribution in [-0.4, -0.2) is 15.1 Å². The molecular formula is C17H16N2OS. The van der Waals surface area contributed by atoms with E-state index in [1.165, 1.54) is 5.56 Å². The van der Waals surface area contributed by atoms with E-state index in [1.54, 1.807) is 11.8 Å². The fourth-order valence-corrected chi connectivity index (χ4v) is 3.18. The SMILES string of the molecule is Cc1nc(SCc2ccc(CO)cc2)c2ccccc2n1. The fraction of sp³-hybridized carbons (Fsp3) is 0.176. The Kier molecular flexibility index (Phi) is 4.18. The molecule has 0 saturated heterocycles. The summed E-state index contributed by atoms with van der Waals surface area (Å²) in [5, 5.41) is 11.2. The van der Waals surface area contributed by atoms with Gasteiger partial charge >= 0.3 is 0 Å². The average molecular weight is 296 g/mol. The van der Waals surface area contributed by atoms with E-state index in [-0.39, 0.29) is 6.61 Å². The van der Waals surface area contributed by atoms with Crippen molar-refractivity contribution in [2.75, 3.05) is 0 Å². The second-order valence-corrected chi connectivity index (χ2v) is 5.82. The summed E-state index contributed by atoms with van der Waals surface area (Å²) in [6.07, 6.45) is 0. The van der Waals surface area contributed by atoms with Crippen molar-refractivity contribution < 1.29 is 5.11 Å². The first kappa shape index (κ1) is 14.0. The molecule has 1 aromatic heterocycles. The summed E-state index contributed by atoms with van der Waals surface area (Å²) in [5.41, 5.74) is 3.15. The number of aryl methyl sites for hydroxylation is 1. The van der Waals surface area contributed by atoms with Crippen molar-refractivity contribution in [2.24, 2.45) is 0 Å². The van der Waals surface area contributed by atoms with E-state index in [9.17, 15) is 0 Å². The van der Waals surface area contributed by atoms with Crippen molar-refractivity contribution in [1.29, 1.82) is 0 Å². The minimum absolute atomic E-state index is 0.0865. The summed E-state index contributed by atoms with van der Waals surface area (Å²) in [5.74, 6) is 1.65. The van der Waals surface area contributed by atoms with Gasteiger partial charge in [-0.1, -0.05) is 42.5 Å². The lowest BCUT2D eigenvalue weighted by atomic mass is 10.2. The Morgan fingerprint density at radius 3 is 2.43 bits per heavy atom. The molecular weight excluding hydrogens is 280 g/mol. The topological polar surface area (TPSA) is 46.0 Å². The lowest BCUT2D eigenvalue weighted by molar-refractivity contribution is 0.282. The van der Waals surface area contributed by atoms with E-state index in [1.807, 2.05) is 37.3 Å². The molecule has 106 valence electrons. The summed E-state index contributed by atoms with van der Waals surface area (Å²) >= 11 is 1.72. The van der Waals surface area contributed by atoms with E-state index in [0.717, 1.165) is 33.1 Å². The number of hydrogen-bond acceptors (Lipinski definition) is 4. The Bertz CT molecular complexity index is 756. The van der Waals surface area contributed by atoms with Crippen LogP contribution in [0.1, 0.15) is 17.0 Å². The molecule has 0 atom stereocenters. The van der Waals surface area contributed by atoms with Gasteiger partial charge in [0.05, 0.1) is 12.1 Å². The number of nitrogens with zero attached hydrogens (tertiary/aromatic N) is 2. The number of para-hydroxylation sites is 1. The summed E-state index contributed by atoms with van der Waals surface area (Å²) in [6.45, 7) is 2.01. The summed E-state index contributed by atoms with van der Waals surface area (Å²) in [7, 11) is 0. The van der Waals surface area contributed by atoms with Gasteiger partial charge in [0, 0.05) is 11.1 Å². The van der Waals surface area contributed by atoms with Crippen LogP contribution < -0.4 is 0 Å². The second kappa shape index (κ2) is 6.24. The molecule has 2 aromatic carbocycles. The average Bonchev–Trinajstić information content (AvgIpc) is 2.53. The Morgan fingerprint density at radius 1 is 0.952 bits per heavy atom. The number of aromatic nitrogens is 2. The van der Waals surface area contributed by atoms with Crippen LogP contribution in [0.2, 0.25) is 0 Å². The molecule has 0 radical (unpaired) electrons. The molecule has 3 nitrogen and oxygen atoms in total. The number of thioether (sulfide) groups is 1. The Labute approximate surface area is 128 Å². The van der Waals surface area contributed by atoms with Gasteiger partial charge in [-0.3, -0.25) is 0 Å². The molecule has 1 heterocycles. The minimum atomic E-state index is 0.0865. The maximum atomic E-state index is 9.06. The highest BCUT2D eigenvalue weighted by Crippen LogP contribution is 2.28. The smallest absolute Gasteiger partial charge is 0.127 e. The van der Waals surface area contributed by atoms with E-state index >= 15 is 0 Å². The van der Waals surface area contributed by atoms with Crippen molar-refractivity contribution in [3.8, 4) is 0 Å². The van der Waals surface area contributed by atoms with Crippen molar-refractivity contribution in [3.63, 3.8) is 0 Å². The molecule has 0 amide bonds.